The van der Waals surface area contributed by atoms with Gasteiger partial charge in [-0.15, -0.1) is 0 Å². The van der Waals surface area contributed by atoms with Gasteiger partial charge in [0.15, 0.2) is 5.58 Å². The summed E-state index contributed by atoms with van der Waals surface area (Å²) < 4.78 is 17.3. The van der Waals surface area contributed by atoms with Gasteiger partial charge in [0.25, 0.3) is 0 Å². The Bertz CT molecular complexity index is 1030. The Balaban J connectivity index is 1.46. The molecular formula is C21H21ClN2O5. The highest BCUT2D eigenvalue weighted by Gasteiger charge is 2.22. The summed E-state index contributed by atoms with van der Waals surface area (Å²) in [5.41, 5.74) is 2.02. The molecule has 0 radical (unpaired) electrons. The highest BCUT2D eigenvalue weighted by atomic mass is 35.5. The van der Waals surface area contributed by atoms with Crippen LogP contribution in [0.25, 0.3) is 22.6 Å². The SMILES string of the molecule is C[C@@H](COc1ccc2nc(-c3ccc(OCC4CC4)c(Cl)c3)oc2c1)NC(=O)O. The number of hydrogen-bond donors (Lipinski definition) is 2. The first kappa shape index (κ1) is 19.4. The van der Waals surface area contributed by atoms with Gasteiger partial charge in [0, 0.05) is 11.6 Å². The van der Waals surface area contributed by atoms with Gasteiger partial charge < -0.3 is 24.3 Å². The van der Waals surface area contributed by atoms with Gasteiger partial charge in [-0.25, -0.2) is 9.78 Å². The molecule has 1 aromatic heterocycles. The number of benzene rings is 2. The number of nitrogens with one attached hydrogen (secondary N) is 1. The van der Waals surface area contributed by atoms with Crippen LogP contribution in [0.15, 0.2) is 40.8 Å². The topological polar surface area (TPSA) is 93.8 Å². The first-order valence-corrected chi connectivity index (χ1v) is 9.81. The second kappa shape index (κ2) is 8.21. The van der Waals surface area contributed by atoms with E-state index in [0.29, 0.717) is 46.0 Å². The molecule has 3 aromatic rings. The minimum atomic E-state index is -1.08. The van der Waals surface area contributed by atoms with Crippen molar-refractivity contribution in [3.63, 3.8) is 0 Å². The quantitative estimate of drug-likeness (QED) is 0.538. The van der Waals surface area contributed by atoms with E-state index in [1.165, 1.54) is 12.8 Å². The summed E-state index contributed by atoms with van der Waals surface area (Å²) in [6.45, 7) is 2.63. The maximum absolute atomic E-state index is 10.6. The lowest BCUT2D eigenvalue weighted by Gasteiger charge is -2.12. The van der Waals surface area contributed by atoms with Crippen molar-refractivity contribution in [2.45, 2.75) is 25.8 Å². The average molecular weight is 417 g/mol. The van der Waals surface area contributed by atoms with Crippen LogP contribution in [0.2, 0.25) is 5.02 Å². The third kappa shape index (κ3) is 4.92. The molecule has 0 spiro atoms. The third-order valence-electron chi connectivity index (χ3n) is 4.58. The fourth-order valence-corrected chi connectivity index (χ4v) is 3.07. The molecule has 1 atom stereocenters. The molecule has 1 fully saturated rings. The van der Waals surface area contributed by atoms with E-state index in [2.05, 4.69) is 10.3 Å². The molecular weight excluding hydrogens is 396 g/mol. The maximum Gasteiger partial charge on any atom is 0.404 e. The summed E-state index contributed by atoms with van der Waals surface area (Å²) in [7, 11) is 0. The van der Waals surface area contributed by atoms with Crippen molar-refractivity contribution in [3.05, 3.63) is 41.4 Å². The average Bonchev–Trinajstić information content (AvgIpc) is 3.41. The van der Waals surface area contributed by atoms with Crippen LogP contribution in [0.1, 0.15) is 19.8 Å². The molecule has 8 heteroatoms. The number of nitrogens with zero attached hydrogens (tertiary/aromatic N) is 1. The molecule has 1 saturated carbocycles. The van der Waals surface area contributed by atoms with Crippen LogP contribution in [-0.2, 0) is 0 Å². The zero-order valence-electron chi connectivity index (χ0n) is 15.9. The van der Waals surface area contributed by atoms with Crippen LogP contribution in [0.3, 0.4) is 0 Å². The van der Waals surface area contributed by atoms with Crippen molar-refractivity contribution in [2.75, 3.05) is 13.2 Å². The van der Waals surface area contributed by atoms with Crippen LogP contribution < -0.4 is 14.8 Å². The number of amides is 1. The number of carboxylic acid groups (broad SMARTS) is 1. The third-order valence-corrected chi connectivity index (χ3v) is 4.88. The lowest BCUT2D eigenvalue weighted by molar-refractivity contribution is 0.183. The molecule has 0 bridgehead atoms. The summed E-state index contributed by atoms with van der Waals surface area (Å²) in [6, 6.07) is 10.4. The molecule has 1 aliphatic rings. The Labute approximate surface area is 172 Å². The van der Waals surface area contributed by atoms with Crippen molar-refractivity contribution in [1.82, 2.24) is 10.3 Å². The van der Waals surface area contributed by atoms with Gasteiger partial charge in [0.2, 0.25) is 5.89 Å². The molecule has 1 amide bonds. The van der Waals surface area contributed by atoms with Crippen LogP contribution in [-0.4, -0.2) is 35.4 Å². The van der Waals surface area contributed by atoms with Crippen LogP contribution >= 0.6 is 11.6 Å². The zero-order valence-corrected chi connectivity index (χ0v) is 16.6. The summed E-state index contributed by atoms with van der Waals surface area (Å²) >= 11 is 6.35. The van der Waals surface area contributed by atoms with E-state index in [1.807, 2.05) is 12.1 Å². The van der Waals surface area contributed by atoms with Crippen molar-refractivity contribution in [2.24, 2.45) is 5.92 Å². The van der Waals surface area contributed by atoms with E-state index >= 15 is 0 Å². The largest absolute Gasteiger partial charge is 0.492 e. The molecule has 0 saturated heterocycles. The summed E-state index contributed by atoms with van der Waals surface area (Å²) in [5, 5.41) is 11.6. The van der Waals surface area contributed by atoms with Gasteiger partial charge in [-0.3, -0.25) is 0 Å². The van der Waals surface area contributed by atoms with Crippen molar-refractivity contribution in [1.29, 1.82) is 0 Å². The summed E-state index contributed by atoms with van der Waals surface area (Å²) in [4.78, 5) is 15.1. The fourth-order valence-electron chi connectivity index (χ4n) is 2.83. The second-order valence-corrected chi connectivity index (χ2v) is 7.62. The van der Waals surface area contributed by atoms with E-state index in [4.69, 9.17) is 30.6 Å². The van der Waals surface area contributed by atoms with Gasteiger partial charge in [-0.1, -0.05) is 11.6 Å². The van der Waals surface area contributed by atoms with E-state index in [9.17, 15) is 4.79 Å². The molecule has 29 heavy (non-hydrogen) atoms. The minimum Gasteiger partial charge on any atom is -0.492 e. The zero-order chi connectivity index (χ0) is 20.4. The summed E-state index contributed by atoms with van der Waals surface area (Å²) in [6.07, 6.45) is 1.36. The Morgan fingerprint density at radius 2 is 2.14 bits per heavy atom. The molecule has 152 valence electrons. The van der Waals surface area contributed by atoms with Crippen molar-refractivity contribution < 1.29 is 23.8 Å². The second-order valence-electron chi connectivity index (χ2n) is 7.21. The Morgan fingerprint density at radius 1 is 1.31 bits per heavy atom. The Kier molecular flexibility index (Phi) is 5.49. The highest BCUT2D eigenvalue weighted by molar-refractivity contribution is 6.32. The normalized spacial score (nSPS) is 14.6. The Morgan fingerprint density at radius 3 is 2.86 bits per heavy atom. The molecule has 4 rings (SSSR count). The van der Waals surface area contributed by atoms with Crippen LogP contribution in [0, 0.1) is 5.92 Å². The highest BCUT2D eigenvalue weighted by Crippen LogP contribution is 2.34. The van der Waals surface area contributed by atoms with E-state index in [-0.39, 0.29) is 12.6 Å². The van der Waals surface area contributed by atoms with Crippen LogP contribution in [0.5, 0.6) is 11.5 Å². The molecule has 0 aliphatic heterocycles. The predicted molar refractivity (Wildman–Crippen MR) is 109 cm³/mol. The van der Waals surface area contributed by atoms with Crippen molar-refractivity contribution in [3.8, 4) is 23.0 Å². The number of ether oxygens (including phenoxy) is 2. The monoisotopic (exact) mass is 416 g/mol. The molecule has 1 aliphatic carbocycles. The lowest BCUT2D eigenvalue weighted by atomic mass is 10.2. The van der Waals surface area contributed by atoms with Crippen LogP contribution in [0.4, 0.5) is 4.79 Å². The van der Waals surface area contributed by atoms with Crippen molar-refractivity contribution >= 4 is 28.8 Å². The van der Waals surface area contributed by atoms with E-state index in [1.54, 1.807) is 31.2 Å². The molecule has 1 heterocycles. The number of oxazole rings is 1. The number of fused-ring (bicyclic) bond motifs is 1. The lowest BCUT2D eigenvalue weighted by Crippen LogP contribution is -2.35. The van der Waals surface area contributed by atoms with Gasteiger partial charge in [-0.2, -0.15) is 0 Å². The van der Waals surface area contributed by atoms with Gasteiger partial charge in [0.05, 0.1) is 17.7 Å². The first-order chi connectivity index (χ1) is 14.0. The van der Waals surface area contributed by atoms with Gasteiger partial charge in [-0.05, 0) is 56.0 Å². The summed E-state index contributed by atoms with van der Waals surface area (Å²) in [5.74, 6) is 2.34. The molecule has 0 unspecified atom stereocenters. The number of hydrogen-bond acceptors (Lipinski definition) is 5. The number of carbonyl (C=O) groups is 1. The predicted octanol–water partition coefficient (Wildman–Crippen LogP) is 4.97. The number of rotatable bonds is 8. The number of halogens is 1. The minimum absolute atomic E-state index is 0.205. The van der Waals surface area contributed by atoms with Gasteiger partial charge >= 0.3 is 6.09 Å². The van der Waals surface area contributed by atoms with Gasteiger partial charge in [0.1, 0.15) is 23.6 Å². The maximum atomic E-state index is 10.6. The first-order valence-electron chi connectivity index (χ1n) is 9.43. The standard InChI is InChI=1S/C21H21ClN2O5/c1-12(23-21(25)26)10-27-15-5-6-17-19(9-15)29-20(24-17)14-4-7-18(16(22)8-14)28-11-13-2-3-13/h4-9,12-13,23H,2-3,10-11H2,1H3,(H,25,26)/t12-/m0/s1. The Hall–Kier alpha value is -2.93. The van der Waals surface area contributed by atoms with E-state index in [0.717, 1.165) is 5.56 Å². The molecule has 7 nitrogen and oxygen atoms in total. The fraction of sp³-hybridized carbons (Fsp3) is 0.333. The molecule has 2 aromatic carbocycles. The van der Waals surface area contributed by atoms with E-state index < -0.39 is 6.09 Å². The smallest absolute Gasteiger partial charge is 0.404 e. The number of aromatic nitrogens is 1. The molecule has 2 N–H and O–H groups in total.